The molecule has 94 valence electrons. The summed E-state index contributed by atoms with van der Waals surface area (Å²) in [5.74, 6) is -3.04. The molecule has 18 heavy (non-hydrogen) atoms. The second-order valence-corrected chi connectivity index (χ2v) is 4.56. The third-order valence-corrected chi connectivity index (χ3v) is 3.31. The van der Waals surface area contributed by atoms with Crippen molar-refractivity contribution in [2.45, 2.75) is 25.7 Å². The molecular weight excluding hydrogens is 235 g/mol. The fraction of sp³-hybridized carbons (Fsp3) is 0.357. The van der Waals surface area contributed by atoms with Crippen LogP contribution < -0.4 is 0 Å². The van der Waals surface area contributed by atoms with Crippen molar-refractivity contribution in [1.29, 1.82) is 0 Å². The van der Waals surface area contributed by atoms with Gasteiger partial charge in [0.25, 0.3) is 0 Å². The standard InChI is InChI=1S/C14H13FO3/c1-8(16)13-12(17)7-6-11(14(13)18)9-2-4-10(15)5-3-9/h2-5,11,13H,6-7H2,1H3. The lowest BCUT2D eigenvalue weighted by Gasteiger charge is -2.25. The Morgan fingerprint density at radius 2 is 1.83 bits per heavy atom. The van der Waals surface area contributed by atoms with Gasteiger partial charge in [0.1, 0.15) is 17.5 Å². The van der Waals surface area contributed by atoms with Crippen molar-refractivity contribution in [2.24, 2.45) is 5.92 Å². The van der Waals surface area contributed by atoms with Crippen molar-refractivity contribution in [3.63, 3.8) is 0 Å². The first-order valence-corrected chi connectivity index (χ1v) is 5.83. The Labute approximate surface area is 104 Å². The highest BCUT2D eigenvalue weighted by Crippen LogP contribution is 2.31. The molecule has 1 aromatic rings. The minimum atomic E-state index is -1.13. The van der Waals surface area contributed by atoms with Crippen molar-refractivity contribution in [3.05, 3.63) is 35.6 Å². The molecule has 1 aliphatic carbocycles. The summed E-state index contributed by atoms with van der Waals surface area (Å²) < 4.78 is 12.8. The van der Waals surface area contributed by atoms with Crippen LogP contribution in [0.2, 0.25) is 0 Å². The quantitative estimate of drug-likeness (QED) is 0.752. The van der Waals surface area contributed by atoms with Crippen LogP contribution in [-0.2, 0) is 14.4 Å². The first-order valence-electron chi connectivity index (χ1n) is 5.83. The van der Waals surface area contributed by atoms with E-state index < -0.39 is 17.6 Å². The van der Waals surface area contributed by atoms with E-state index in [-0.39, 0.29) is 23.8 Å². The zero-order chi connectivity index (χ0) is 13.3. The van der Waals surface area contributed by atoms with Crippen LogP contribution >= 0.6 is 0 Å². The van der Waals surface area contributed by atoms with Crippen molar-refractivity contribution >= 4 is 17.3 Å². The summed E-state index contributed by atoms with van der Waals surface area (Å²) in [5.41, 5.74) is 0.667. The van der Waals surface area contributed by atoms with E-state index in [9.17, 15) is 18.8 Å². The van der Waals surface area contributed by atoms with Crippen molar-refractivity contribution in [2.75, 3.05) is 0 Å². The Morgan fingerprint density at radius 3 is 2.39 bits per heavy atom. The topological polar surface area (TPSA) is 51.2 Å². The molecule has 3 nitrogen and oxygen atoms in total. The highest BCUT2D eigenvalue weighted by Gasteiger charge is 2.40. The van der Waals surface area contributed by atoms with E-state index in [4.69, 9.17) is 0 Å². The normalized spacial score (nSPS) is 24.1. The van der Waals surface area contributed by atoms with Crippen LogP contribution in [0, 0.1) is 11.7 Å². The van der Waals surface area contributed by atoms with Gasteiger partial charge >= 0.3 is 0 Å². The van der Waals surface area contributed by atoms with Gasteiger partial charge < -0.3 is 0 Å². The maximum absolute atomic E-state index is 12.8. The molecule has 2 unspecified atom stereocenters. The van der Waals surface area contributed by atoms with E-state index >= 15 is 0 Å². The largest absolute Gasteiger partial charge is 0.299 e. The van der Waals surface area contributed by atoms with Crippen LogP contribution in [0.15, 0.2) is 24.3 Å². The maximum atomic E-state index is 12.8. The summed E-state index contributed by atoms with van der Waals surface area (Å²) in [6.45, 7) is 1.26. The summed E-state index contributed by atoms with van der Waals surface area (Å²) in [6.07, 6.45) is 0.616. The number of hydrogen-bond donors (Lipinski definition) is 0. The first-order chi connectivity index (χ1) is 8.50. The molecule has 0 spiro atoms. The maximum Gasteiger partial charge on any atom is 0.158 e. The average molecular weight is 248 g/mol. The minimum absolute atomic E-state index is 0.220. The van der Waals surface area contributed by atoms with Crippen molar-refractivity contribution in [3.8, 4) is 0 Å². The van der Waals surface area contributed by atoms with Gasteiger partial charge in [-0.1, -0.05) is 12.1 Å². The van der Waals surface area contributed by atoms with Crippen molar-refractivity contribution < 1.29 is 18.8 Å². The summed E-state index contributed by atoms with van der Waals surface area (Å²) >= 11 is 0. The lowest BCUT2D eigenvalue weighted by molar-refractivity contribution is -0.142. The predicted octanol–water partition coefficient (Wildman–Crippen LogP) is 2.05. The second kappa shape index (κ2) is 4.80. The molecule has 0 heterocycles. The molecule has 0 N–H and O–H groups in total. The SMILES string of the molecule is CC(=O)C1C(=O)CCC(c2ccc(F)cc2)C1=O. The van der Waals surface area contributed by atoms with E-state index in [2.05, 4.69) is 0 Å². The van der Waals surface area contributed by atoms with Crippen LogP contribution in [0.25, 0.3) is 0 Å². The lowest BCUT2D eigenvalue weighted by atomic mass is 9.75. The number of Topliss-reactive ketones (excluding diaryl/α,β-unsaturated/α-hetero) is 3. The molecule has 1 fully saturated rings. The number of rotatable bonds is 2. The molecule has 1 saturated carbocycles. The van der Waals surface area contributed by atoms with Crippen LogP contribution in [0.5, 0.6) is 0 Å². The number of benzene rings is 1. The molecule has 2 rings (SSSR count). The summed E-state index contributed by atoms with van der Waals surface area (Å²) in [5, 5.41) is 0. The van der Waals surface area contributed by atoms with Gasteiger partial charge in [-0.2, -0.15) is 0 Å². The van der Waals surface area contributed by atoms with Crippen molar-refractivity contribution in [1.82, 2.24) is 0 Å². The number of hydrogen-bond acceptors (Lipinski definition) is 3. The van der Waals surface area contributed by atoms with Crippen LogP contribution in [0.1, 0.15) is 31.2 Å². The summed E-state index contributed by atoms with van der Waals surface area (Å²) in [6, 6.07) is 5.62. The van der Waals surface area contributed by atoms with E-state index in [1.807, 2.05) is 0 Å². The minimum Gasteiger partial charge on any atom is -0.299 e. The Morgan fingerprint density at radius 1 is 1.22 bits per heavy atom. The highest BCUT2D eigenvalue weighted by molar-refractivity contribution is 6.21. The van der Waals surface area contributed by atoms with Gasteiger partial charge in [-0.05, 0) is 31.0 Å². The molecule has 4 heteroatoms. The Bertz CT molecular complexity index is 504. The first kappa shape index (κ1) is 12.6. The second-order valence-electron chi connectivity index (χ2n) is 4.56. The molecular formula is C14H13FO3. The Kier molecular flexibility index (Phi) is 3.36. The molecule has 2 atom stereocenters. The van der Waals surface area contributed by atoms with Crippen LogP contribution in [0.4, 0.5) is 4.39 Å². The number of carbonyl (C=O) groups is 3. The third-order valence-electron chi connectivity index (χ3n) is 3.31. The fourth-order valence-electron chi connectivity index (χ4n) is 2.39. The van der Waals surface area contributed by atoms with E-state index in [1.165, 1.54) is 31.2 Å². The highest BCUT2D eigenvalue weighted by atomic mass is 19.1. The van der Waals surface area contributed by atoms with Gasteiger partial charge in [-0.25, -0.2) is 4.39 Å². The monoisotopic (exact) mass is 248 g/mol. The Hall–Kier alpha value is -1.84. The number of halogens is 1. The molecule has 0 radical (unpaired) electrons. The van der Waals surface area contributed by atoms with E-state index in [0.29, 0.717) is 12.0 Å². The van der Waals surface area contributed by atoms with Gasteiger partial charge in [-0.3, -0.25) is 14.4 Å². The van der Waals surface area contributed by atoms with Gasteiger partial charge in [-0.15, -0.1) is 0 Å². The summed E-state index contributed by atoms with van der Waals surface area (Å²) in [7, 11) is 0. The number of ketones is 3. The lowest BCUT2D eigenvalue weighted by Crippen LogP contribution is -2.38. The predicted molar refractivity (Wildman–Crippen MR) is 62.6 cm³/mol. The van der Waals surface area contributed by atoms with Gasteiger partial charge in [0.15, 0.2) is 11.6 Å². The summed E-state index contributed by atoms with van der Waals surface area (Å²) in [4.78, 5) is 35.1. The Balaban J connectivity index is 2.30. The zero-order valence-electron chi connectivity index (χ0n) is 9.98. The molecule has 0 aliphatic heterocycles. The van der Waals surface area contributed by atoms with Crippen LogP contribution in [0.3, 0.4) is 0 Å². The van der Waals surface area contributed by atoms with E-state index in [1.54, 1.807) is 0 Å². The molecule has 0 amide bonds. The molecule has 0 bridgehead atoms. The third kappa shape index (κ3) is 2.23. The molecule has 0 saturated heterocycles. The van der Waals surface area contributed by atoms with Gasteiger partial charge in [0, 0.05) is 12.3 Å². The molecule has 1 aromatic carbocycles. The average Bonchev–Trinajstić information content (AvgIpc) is 2.30. The number of carbonyl (C=O) groups excluding carboxylic acids is 3. The van der Waals surface area contributed by atoms with Crippen LogP contribution in [-0.4, -0.2) is 17.3 Å². The fourth-order valence-corrected chi connectivity index (χ4v) is 2.39. The van der Waals surface area contributed by atoms with Gasteiger partial charge in [0.05, 0.1) is 0 Å². The molecule has 1 aliphatic rings. The smallest absolute Gasteiger partial charge is 0.158 e. The zero-order valence-corrected chi connectivity index (χ0v) is 9.98. The van der Waals surface area contributed by atoms with E-state index in [0.717, 1.165) is 0 Å². The van der Waals surface area contributed by atoms with Gasteiger partial charge in [0.2, 0.25) is 0 Å². The molecule has 0 aromatic heterocycles.